The molecule has 0 radical (unpaired) electrons. The first-order valence-electron chi connectivity index (χ1n) is 4.24. The first-order chi connectivity index (χ1) is 6.41. The zero-order valence-corrected chi connectivity index (χ0v) is 9.00. The average Bonchev–Trinajstić information content (AvgIpc) is 2.11. The van der Waals surface area contributed by atoms with Gasteiger partial charge in [-0.05, 0) is 30.7 Å². The highest BCUT2D eigenvalue weighted by Crippen LogP contribution is 2.31. The summed E-state index contributed by atoms with van der Waals surface area (Å²) in [7, 11) is 0. The van der Waals surface area contributed by atoms with E-state index in [1.807, 2.05) is 13.8 Å². The van der Waals surface area contributed by atoms with Crippen LogP contribution in [0.25, 0.3) is 0 Å². The molecular formula is C10H12ClF3. The molecule has 4 heteroatoms. The molecule has 0 atom stereocenters. The van der Waals surface area contributed by atoms with Gasteiger partial charge in [-0.1, -0.05) is 25.4 Å². The second kappa shape index (κ2) is 5.25. The normalized spacial score (nSPS) is 10.5. The zero-order valence-electron chi connectivity index (χ0n) is 8.24. The highest BCUT2D eigenvalue weighted by atomic mass is 35.5. The van der Waals surface area contributed by atoms with Gasteiger partial charge in [-0.15, -0.1) is 0 Å². The van der Waals surface area contributed by atoms with E-state index in [9.17, 15) is 13.2 Å². The minimum atomic E-state index is -4.28. The van der Waals surface area contributed by atoms with E-state index in [0.29, 0.717) is 10.6 Å². The zero-order chi connectivity index (χ0) is 11.4. The standard InChI is InChI=1S/C8H6ClF3.C2H6/c1-5-4-6(8(10,11)12)2-3-7(5)9;1-2/h2-4H,1H3;1-2H3. The molecule has 0 heterocycles. The number of alkyl halides is 3. The lowest BCUT2D eigenvalue weighted by atomic mass is 10.1. The van der Waals surface area contributed by atoms with Gasteiger partial charge in [0.2, 0.25) is 0 Å². The number of halogens is 4. The Kier molecular flexibility index (Phi) is 4.99. The second-order valence-electron chi connectivity index (χ2n) is 2.46. The molecule has 0 nitrogen and oxygen atoms in total. The third-order valence-electron chi connectivity index (χ3n) is 1.49. The summed E-state index contributed by atoms with van der Waals surface area (Å²) in [5, 5.41) is 0.350. The maximum absolute atomic E-state index is 12.1. The number of benzene rings is 1. The van der Waals surface area contributed by atoms with E-state index in [4.69, 9.17) is 11.6 Å². The fraction of sp³-hybridized carbons (Fsp3) is 0.400. The van der Waals surface area contributed by atoms with Crippen LogP contribution in [0.4, 0.5) is 13.2 Å². The van der Waals surface area contributed by atoms with Crippen LogP contribution >= 0.6 is 11.6 Å². The van der Waals surface area contributed by atoms with E-state index < -0.39 is 11.7 Å². The topological polar surface area (TPSA) is 0 Å². The predicted octanol–water partition coefficient (Wildman–Crippen LogP) is 4.69. The summed E-state index contributed by atoms with van der Waals surface area (Å²) in [6.07, 6.45) is -4.28. The van der Waals surface area contributed by atoms with Crippen molar-refractivity contribution in [1.29, 1.82) is 0 Å². The largest absolute Gasteiger partial charge is 0.416 e. The average molecular weight is 225 g/mol. The molecule has 0 bridgehead atoms. The SMILES string of the molecule is CC.Cc1cc(C(F)(F)F)ccc1Cl. The van der Waals surface area contributed by atoms with E-state index >= 15 is 0 Å². The molecule has 1 aromatic rings. The summed E-state index contributed by atoms with van der Waals surface area (Å²) in [5.41, 5.74) is -0.226. The fourth-order valence-corrected chi connectivity index (χ4v) is 0.939. The molecule has 80 valence electrons. The van der Waals surface area contributed by atoms with Crippen molar-refractivity contribution in [2.75, 3.05) is 0 Å². The molecule has 0 aromatic heterocycles. The first kappa shape index (κ1) is 13.3. The molecule has 14 heavy (non-hydrogen) atoms. The minimum absolute atomic E-state index is 0.350. The Morgan fingerprint density at radius 2 is 1.64 bits per heavy atom. The van der Waals surface area contributed by atoms with Gasteiger partial charge in [0.05, 0.1) is 5.56 Å². The van der Waals surface area contributed by atoms with Crippen molar-refractivity contribution in [1.82, 2.24) is 0 Å². The molecule has 0 aliphatic heterocycles. The van der Waals surface area contributed by atoms with Crippen LogP contribution in [0.5, 0.6) is 0 Å². The molecule has 0 aliphatic carbocycles. The van der Waals surface area contributed by atoms with Crippen LogP contribution < -0.4 is 0 Å². The summed E-state index contributed by atoms with van der Waals surface area (Å²) < 4.78 is 36.2. The van der Waals surface area contributed by atoms with Crippen LogP contribution in [-0.4, -0.2) is 0 Å². The smallest absolute Gasteiger partial charge is 0.166 e. The lowest BCUT2D eigenvalue weighted by molar-refractivity contribution is -0.137. The molecule has 0 aliphatic rings. The lowest BCUT2D eigenvalue weighted by Gasteiger charge is -2.07. The van der Waals surface area contributed by atoms with E-state index in [1.54, 1.807) is 0 Å². The van der Waals surface area contributed by atoms with Crippen molar-refractivity contribution in [3.05, 3.63) is 34.3 Å². The summed E-state index contributed by atoms with van der Waals surface area (Å²) in [4.78, 5) is 0. The number of rotatable bonds is 0. The van der Waals surface area contributed by atoms with Crippen molar-refractivity contribution in [3.63, 3.8) is 0 Å². The summed E-state index contributed by atoms with van der Waals surface area (Å²) >= 11 is 5.56. The molecule has 0 saturated heterocycles. The van der Waals surface area contributed by atoms with Crippen LogP contribution in [0.2, 0.25) is 5.02 Å². The first-order valence-corrected chi connectivity index (χ1v) is 4.62. The third kappa shape index (κ3) is 3.58. The molecule has 0 amide bonds. The Bertz CT molecular complexity index is 292. The van der Waals surface area contributed by atoms with Crippen LogP contribution in [-0.2, 0) is 6.18 Å². The Morgan fingerprint density at radius 3 is 2.00 bits per heavy atom. The molecule has 0 spiro atoms. The number of hydrogen-bond donors (Lipinski definition) is 0. The van der Waals surface area contributed by atoms with Gasteiger partial charge >= 0.3 is 6.18 Å². The van der Waals surface area contributed by atoms with Gasteiger partial charge in [0.1, 0.15) is 0 Å². The maximum atomic E-state index is 12.1. The predicted molar refractivity (Wildman–Crippen MR) is 52.5 cm³/mol. The quantitative estimate of drug-likeness (QED) is 0.600. The van der Waals surface area contributed by atoms with Gasteiger partial charge < -0.3 is 0 Å². The summed E-state index contributed by atoms with van der Waals surface area (Å²) in [6, 6.07) is 3.25. The van der Waals surface area contributed by atoms with E-state index in [0.717, 1.165) is 12.1 Å². The molecule has 0 N–H and O–H groups in total. The molecule has 0 unspecified atom stereocenters. The van der Waals surface area contributed by atoms with Crippen molar-refractivity contribution in [2.45, 2.75) is 26.9 Å². The van der Waals surface area contributed by atoms with E-state index in [1.165, 1.54) is 13.0 Å². The van der Waals surface area contributed by atoms with Gasteiger partial charge in [-0.3, -0.25) is 0 Å². The van der Waals surface area contributed by atoms with Gasteiger partial charge in [0.15, 0.2) is 0 Å². The van der Waals surface area contributed by atoms with Crippen molar-refractivity contribution >= 4 is 11.6 Å². The van der Waals surface area contributed by atoms with E-state index in [2.05, 4.69) is 0 Å². The van der Waals surface area contributed by atoms with Gasteiger partial charge in [-0.2, -0.15) is 13.2 Å². The Balaban J connectivity index is 0.000000791. The summed E-state index contributed by atoms with van der Waals surface area (Å²) in [5.74, 6) is 0. The maximum Gasteiger partial charge on any atom is 0.416 e. The van der Waals surface area contributed by atoms with Crippen molar-refractivity contribution in [3.8, 4) is 0 Å². The lowest BCUT2D eigenvalue weighted by Crippen LogP contribution is -2.04. The molecular weight excluding hydrogens is 213 g/mol. The number of aryl methyl sites for hydroxylation is 1. The molecule has 0 saturated carbocycles. The fourth-order valence-electron chi connectivity index (χ4n) is 0.821. The molecule has 0 fully saturated rings. The van der Waals surface area contributed by atoms with Crippen LogP contribution in [0, 0.1) is 6.92 Å². The Hall–Kier alpha value is -0.700. The van der Waals surface area contributed by atoms with Crippen molar-refractivity contribution in [2.24, 2.45) is 0 Å². The van der Waals surface area contributed by atoms with Gasteiger partial charge in [0, 0.05) is 5.02 Å². The number of hydrogen-bond acceptors (Lipinski definition) is 0. The highest BCUT2D eigenvalue weighted by molar-refractivity contribution is 6.31. The van der Waals surface area contributed by atoms with Gasteiger partial charge in [-0.25, -0.2) is 0 Å². The van der Waals surface area contributed by atoms with Crippen LogP contribution in [0.3, 0.4) is 0 Å². The monoisotopic (exact) mass is 224 g/mol. The Morgan fingerprint density at radius 1 is 1.14 bits per heavy atom. The molecule has 1 rings (SSSR count). The van der Waals surface area contributed by atoms with Crippen molar-refractivity contribution < 1.29 is 13.2 Å². The third-order valence-corrected chi connectivity index (χ3v) is 1.91. The highest BCUT2D eigenvalue weighted by Gasteiger charge is 2.30. The van der Waals surface area contributed by atoms with Crippen LogP contribution in [0.15, 0.2) is 18.2 Å². The minimum Gasteiger partial charge on any atom is -0.166 e. The summed E-state index contributed by atoms with van der Waals surface area (Å²) in [6.45, 7) is 5.54. The second-order valence-corrected chi connectivity index (χ2v) is 2.87. The van der Waals surface area contributed by atoms with Crippen LogP contribution in [0.1, 0.15) is 25.0 Å². The molecule has 1 aromatic carbocycles. The van der Waals surface area contributed by atoms with Gasteiger partial charge in [0.25, 0.3) is 0 Å². The Labute approximate surface area is 86.7 Å². The van der Waals surface area contributed by atoms with E-state index in [-0.39, 0.29) is 0 Å².